The van der Waals surface area contributed by atoms with Gasteiger partial charge in [-0.05, 0) is 55.8 Å². The predicted molar refractivity (Wildman–Crippen MR) is 113 cm³/mol. The zero-order chi connectivity index (χ0) is 19.7. The Bertz CT molecular complexity index is 1170. The van der Waals surface area contributed by atoms with Gasteiger partial charge in [0.2, 0.25) is 0 Å². The highest BCUT2D eigenvalue weighted by Gasteiger charge is 2.13. The molecule has 2 heterocycles. The van der Waals surface area contributed by atoms with Gasteiger partial charge < -0.3 is 5.32 Å². The number of aromatic nitrogens is 3. The van der Waals surface area contributed by atoms with E-state index in [4.69, 9.17) is 16.6 Å². The topological polar surface area (TPSA) is 70.7 Å². The first kappa shape index (κ1) is 18.2. The molecule has 28 heavy (non-hydrogen) atoms. The Morgan fingerprint density at radius 1 is 1.11 bits per heavy atom. The zero-order valence-electron chi connectivity index (χ0n) is 15.6. The van der Waals surface area contributed by atoms with Gasteiger partial charge in [0.05, 0.1) is 11.4 Å². The molecule has 0 radical (unpaired) electrons. The van der Waals surface area contributed by atoms with Gasteiger partial charge in [-0.3, -0.25) is 9.89 Å². The summed E-state index contributed by atoms with van der Waals surface area (Å²) in [5, 5.41) is 11.9. The van der Waals surface area contributed by atoms with E-state index in [1.165, 1.54) is 0 Å². The third kappa shape index (κ3) is 3.37. The smallest absolute Gasteiger partial charge is 0.251 e. The summed E-state index contributed by atoms with van der Waals surface area (Å²) >= 11 is 5.98. The molecule has 4 aromatic rings. The van der Waals surface area contributed by atoms with E-state index in [-0.39, 0.29) is 5.91 Å². The Balaban J connectivity index is 1.76. The number of fused-ring (bicyclic) bond motifs is 1. The van der Waals surface area contributed by atoms with Crippen LogP contribution in [0.4, 0.5) is 0 Å². The lowest BCUT2D eigenvalue weighted by atomic mass is 10.0. The molecule has 2 aromatic heterocycles. The van der Waals surface area contributed by atoms with Crippen LogP contribution in [0.25, 0.3) is 33.5 Å². The van der Waals surface area contributed by atoms with Crippen molar-refractivity contribution >= 4 is 28.5 Å². The van der Waals surface area contributed by atoms with Crippen LogP contribution >= 0.6 is 11.6 Å². The summed E-state index contributed by atoms with van der Waals surface area (Å²) in [5.74, 6) is -0.0883. The first-order valence-corrected chi connectivity index (χ1v) is 9.45. The molecular formula is C22H19ClN4O. The number of nitrogens with zero attached hydrogens (tertiary/aromatic N) is 2. The summed E-state index contributed by atoms with van der Waals surface area (Å²) in [7, 11) is 0. The van der Waals surface area contributed by atoms with Crippen molar-refractivity contribution in [3.8, 4) is 22.5 Å². The second kappa shape index (κ2) is 7.44. The van der Waals surface area contributed by atoms with Crippen LogP contribution in [-0.4, -0.2) is 27.6 Å². The van der Waals surface area contributed by atoms with Crippen LogP contribution in [0.15, 0.2) is 54.6 Å². The highest BCUT2D eigenvalue weighted by molar-refractivity contribution is 6.30. The molecular weight excluding hydrogens is 372 g/mol. The molecule has 0 bridgehead atoms. The normalized spacial score (nSPS) is 11.0. The van der Waals surface area contributed by atoms with Crippen LogP contribution in [0.2, 0.25) is 5.02 Å². The number of benzene rings is 2. The van der Waals surface area contributed by atoms with Gasteiger partial charge in [-0.15, -0.1) is 0 Å². The molecule has 0 fully saturated rings. The van der Waals surface area contributed by atoms with Crippen molar-refractivity contribution in [1.29, 1.82) is 0 Å². The standard InChI is InChI=1S/C22H19ClN4O/c1-3-24-22(28)15-5-4-13(2)18(12-15)19-11-10-17-20(26-27-21(17)25-19)14-6-8-16(23)9-7-14/h4-12H,3H2,1-2H3,(H,24,28)(H,25,26,27). The number of aryl methyl sites for hydroxylation is 1. The molecule has 0 saturated heterocycles. The monoisotopic (exact) mass is 390 g/mol. The third-order valence-corrected chi connectivity index (χ3v) is 4.92. The molecule has 0 atom stereocenters. The van der Waals surface area contributed by atoms with Crippen molar-refractivity contribution in [3.05, 3.63) is 70.7 Å². The van der Waals surface area contributed by atoms with Crippen LogP contribution in [0.1, 0.15) is 22.8 Å². The van der Waals surface area contributed by atoms with Gasteiger partial charge in [0, 0.05) is 33.6 Å². The molecule has 0 aliphatic heterocycles. The number of aromatic amines is 1. The average Bonchev–Trinajstić information content (AvgIpc) is 3.12. The molecule has 2 N–H and O–H groups in total. The van der Waals surface area contributed by atoms with E-state index in [9.17, 15) is 4.79 Å². The van der Waals surface area contributed by atoms with Gasteiger partial charge in [-0.25, -0.2) is 4.98 Å². The number of hydrogen-bond donors (Lipinski definition) is 2. The fourth-order valence-corrected chi connectivity index (χ4v) is 3.31. The lowest BCUT2D eigenvalue weighted by molar-refractivity contribution is 0.0956. The molecule has 1 amide bonds. The van der Waals surface area contributed by atoms with Gasteiger partial charge in [0.15, 0.2) is 5.65 Å². The number of halogens is 1. The summed E-state index contributed by atoms with van der Waals surface area (Å²) in [6.45, 7) is 4.50. The Kier molecular flexibility index (Phi) is 4.84. The summed E-state index contributed by atoms with van der Waals surface area (Å²) in [6, 6.07) is 17.2. The highest BCUT2D eigenvalue weighted by atomic mass is 35.5. The summed E-state index contributed by atoms with van der Waals surface area (Å²) in [6.07, 6.45) is 0. The van der Waals surface area contributed by atoms with E-state index >= 15 is 0 Å². The number of carbonyl (C=O) groups is 1. The van der Waals surface area contributed by atoms with Crippen LogP contribution in [0.5, 0.6) is 0 Å². The van der Waals surface area contributed by atoms with E-state index in [0.29, 0.717) is 22.8 Å². The molecule has 0 aliphatic rings. The molecule has 0 saturated carbocycles. The van der Waals surface area contributed by atoms with Crippen LogP contribution in [0, 0.1) is 6.92 Å². The van der Waals surface area contributed by atoms with Crippen LogP contribution in [0.3, 0.4) is 0 Å². The summed E-state index contributed by atoms with van der Waals surface area (Å²) < 4.78 is 0. The van der Waals surface area contributed by atoms with Gasteiger partial charge in [-0.1, -0.05) is 29.8 Å². The minimum Gasteiger partial charge on any atom is -0.352 e. The zero-order valence-corrected chi connectivity index (χ0v) is 16.3. The number of nitrogens with one attached hydrogen (secondary N) is 2. The minimum absolute atomic E-state index is 0.0883. The number of carbonyl (C=O) groups excluding carboxylic acids is 1. The maximum absolute atomic E-state index is 12.2. The molecule has 5 nitrogen and oxygen atoms in total. The van der Waals surface area contributed by atoms with Crippen molar-refractivity contribution in [1.82, 2.24) is 20.5 Å². The molecule has 0 spiro atoms. The van der Waals surface area contributed by atoms with Crippen LogP contribution in [-0.2, 0) is 0 Å². The van der Waals surface area contributed by atoms with Crippen molar-refractivity contribution in [2.75, 3.05) is 6.54 Å². The van der Waals surface area contributed by atoms with E-state index < -0.39 is 0 Å². The second-order valence-electron chi connectivity index (χ2n) is 6.56. The fourth-order valence-electron chi connectivity index (χ4n) is 3.19. The van der Waals surface area contributed by atoms with Crippen LogP contribution < -0.4 is 5.32 Å². The number of hydrogen-bond acceptors (Lipinski definition) is 3. The van der Waals surface area contributed by atoms with Crippen molar-refractivity contribution < 1.29 is 4.79 Å². The second-order valence-corrected chi connectivity index (χ2v) is 7.00. The van der Waals surface area contributed by atoms with Gasteiger partial charge in [-0.2, -0.15) is 5.10 Å². The molecule has 140 valence electrons. The Morgan fingerprint density at radius 2 is 1.89 bits per heavy atom. The quantitative estimate of drug-likeness (QED) is 0.515. The molecule has 4 rings (SSSR count). The van der Waals surface area contributed by atoms with Gasteiger partial charge >= 0.3 is 0 Å². The maximum Gasteiger partial charge on any atom is 0.251 e. The molecule has 2 aromatic carbocycles. The number of H-pyrrole nitrogens is 1. The summed E-state index contributed by atoms with van der Waals surface area (Å²) in [5.41, 5.74) is 5.90. The largest absolute Gasteiger partial charge is 0.352 e. The lowest BCUT2D eigenvalue weighted by Gasteiger charge is -2.09. The Hall–Kier alpha value is -3.18. The third-order valence-electron chi connectivity index (χ3n) is 4.66. The minimum atomic E-state index is -0.0883. The maximum atomic E-state index is 12.2. The number of pyridine rings is 1. The van der Waals surface area contributed by atoms with E-state index in [0.717, 1.165) is 33.5 Å². The van der Waals surface area contributed by atoms with E-state index in [1.54, 1.807) is 0 Å². The SMILES string of the molecule is CCNC(=O)c1ccc(C)c(-c2ccc3c(-c4ccc(Cl)cc4)[nH]nc3n2)c1. The summed E-state index contributed by atoms with van der Waals surface area (Å²) in [4.78, 5) is 16.9. The Morgan fingerprint density at radius 3 is 2.64 bits per heavy atom. The fraction of sp³-hybridized carbons (Fsp3) is 0.136. The first-order valence-electron chi connectivity index (χ1n) is 9.07. The lowest BCUT2D eigenvalue weighted by Crippen LogP contribution is -2.22. The molecule has 0 aliphatic carbocycles. The van der Waals surface area contributed by atoms with E-state index in [2.05, 4.69) is 15.5 Å². The van der Waals surface area contributed by atoms with Crippen molar-refractivity contribution in [3.63, 3.8) is 0 Å². The molecule has 0 unspecified atom stereocenters. The number of rotatable bonds is 4. The Labute approximate surface area is 167 Å². The molecule has 6 heteroatoms. The van der Waals surface area contributed by atoms with E-state index in [1.807, 2.05) is 68.4 Å². The van der Waals surface area contributed by atoms with Crippen molar-refractivity contribution in [2.45, 2.75) is 13.8 Å². The van der Waals surface area contributed by atoms with Crippen molar-refractivity contribution in [2.24, 2.45) is 0 Å². The van der Waals surface area contributed by atoms with Gasteiger partial charge in [0.25, 0.3) is 5.91 Å². The van der Waals surface area contributed by atoms with Gasteiger partial charge in [0.1, 0.15) is 0 Å². The average molecular weight is 391 g/mol. The highest BCUT2D eigenvalue weighted by Crippen LogP contribution is 2.30. The first-order chi connectivity index (χ1) is 13.6. The number of amides is 1. The predicted octanol–water partition coefficient (Wildman–Crippen LogP) is 5.00.